The van der Waals surface area contributed by atoms with Crippen molar-refractivity contribution in [3.8, 4) is 0 Å². The molecule has 0 saturated carbocycles. The van der Waals surface area contributed by atoms with Gasteiger partial charge in [-0.25, -0.2) is 8.78 Å². The van der Waals surface area contributed by atoms with Gasteiger partial charge in [-0.3, -0.25) is 0 Å². The van der Waals surface area contributed by atoms with Crippen LogP contribution < -0.4 is 0 Å². The van der Waals surface area contributed by atoms with Crippen LogP contribution in [0.1, 0.15) is 37.8 Å². The molecule has 1 heterocycles. The lowest BCUT2D eigenvalue weighted by atomic mass is 10.1. The van der Waals surface area contributed by atoms with Crippen molar-refractivity contribution in [2.75, 3.05) is 20.1 Å². The molecule has 1 fully saturated rings. The zero-order chi connectivity index (χ0) is 15.6. The highest BCUT2D eigenvalue weighted by molar-refractivity contribution is 7.86. The zero-order valence-corrected chi connectivity index (χ0v) is 13.0. The van der Waals surface area contributed by atoms with Gasteiger partial charge >= 0.3 is 0 Å². The van der Waals surface area contributed by atoms with Gasteiger partial charge in [0.15, 0.2) is 11.6 Å². The molecule has 0 N–H and O–H groups in total. The highest BCUT2D eigenvalue weighted by Crippen LogP contribution is 2.26. The number of hydrogen-bond donors (Lipinski definition) is 0. The summed E-state index contributed by atoms with van der Waals surface area (Å²) in [7, 11) is -2.11. The van der Waals surface area contributed by atoms with Crippen LogP contribution in [0.25, 0.3) is 0 Å². The fourth-order valence-electron chi connectivity index (χ4n) is 2.46. The standard InChI is InChI=1S/C14H20F2N2O2S/c1-11(12-6-7-13(15)14(16)10-12)17(2)21(19,20)18-8-4-3-5-9-18/h6-7,10-11H,3-5,8-9H2,1-2H3. The Kier molecular flexibility index (Phi) is 4.95. The normalized spacial score (nSPS) is 18.9. The molecule has 0 aliphatic carbocycles. The second-order valence-electron chi connectivity index (χ2n) is 5.33. The van der Waals surface area contributed by atoms with Crippen LogP contribution in [0.15, 0.2) is 18.2 Å². The highest BCUT2D eigenvalue weighted by Gasteiger charge is 2.31. The van der Waals surface area contributed by atoms with Crippen molar-refractivity contribution in [1.82, 2.24) is 8.61 Å². The topological polar surface area (TPSA) is 40.6 Å². The van der Waals surface area contributed by atoms with Crippen LogP contribution in [-0.4, -0.2) is 37.2 Å². The highest BCUT2D eigenvalue weighted by atomic mass is 32.2. The van der Waals surface area contributed by atoms with Gasteiger partial charge in [0, 0.05) is 26.2 Å². The summed E-state index contributed by atoms with van der Waals surface area (Å²) in [6, 6.07) is 2.91. The van der Waals surface area contributed by atoms with E-state index in [4.69, 9.17) is 0 Å². The molecule has 1 saturated heterocycles. The summed E-state index contributed by atoms with van der Waals surface area (Å²) in [6.45, 7) is 2.68. The molecule has 1 aliphatic rings. The Balaban J connectivity index is 2.20. The molecule has 1 atom stereocenters. The van der Waals surface area contributed by atoms with Gasteiger partial charge in [0.2, 0.25) is 0 Å². The Hall–Kier alpha value is -1.05. The van der Waals surface area contributed by atoms with Crippen molar-refractivity contribution >= 4 is 10.2 Å². The summed E-state index contributed by atoms with van der Waals surface area (Å²) in [4.78, 5) is 0. The number of halogens is 2. The molecule has 1 unspecified atom stereocenters. The van der Waals surface area contributed by atoms with Crippen molar-refractivity contribution in [3.63, 3.8) is 0 Å². The van der Waals surface area contributed by atoms with Gasteiger partial charge in [-0.15, -0.1) is 0 Å². The largest absolute Gasteiger partial charge is 0.282 e. The molecule has 0 spiro atoms. The van der Waals surface area contributed by atoms with Gasteiger partial charge in [-0.05, 0) is 37.5 Å². The van der Waals surface area contributed by atoms with Crippen molar-refractivity contribution in [3.05, 3.63) is 35.4 Å². The van der Waals surface area contributed by atoms with Gasteiger partial charge in [0.1, 0.15) is 0 Å². The number of hydrogen-bond acceptors (Lipinski definition) is 2. The number of nitrogens with zero attached hydrogens (tertiary/aromatic N) is 2. The van der Waals surface area contributed by atoms with E-state index in [1.807, 2.05) is 0 Å². The molecular formula is C14H20F2N2O2S. The lowest BCUT2D eigenvalue weighted by molar-refractivity contribution is 0.297. The van der Waals surface area contributed by atoms with Crippen LogP contribution in [-0.2, 0) is 10.2 Å². The minimum atomic E-state index is -3.58. The molecule has 21 heavy (non-hydrogen) atoms. The first-order valence-electron chi connectivity index (χ1n) is 7.02. The van der Waals surface area contributed by atoms with Gasteiger partial charge in [0.05, 0.1) is 0 Å². The Labute approximate surface area is 124 Å². The Morgan fingerprint density at radius 3 is 2.33 bits per heavy atom. The Morgan fingerprint density at radius 2 is 1.76 bits per heavy atom. The van der Waals surface area contributed by atoms with E-state index in [1.54, 1.807) is 6.92 Å². The lowest BCUT2D eigenvalue weighted by Gasteiger charge is -2.33. The van der Waals surface area contributed by atoms with E-state index in [0.717, 1.165) is 31.4 Å². The van der Waals surface area contributed by atoms with Crippen LogP contribution >= 0.6 is 0 Å². The summed E-state index contributed by atoms with van der Waals surface area (Å²) >= 11 is 0. The quantitative estimate of drug-likeness (QED) is 0.856. The van der Waals surface area contributed by atoms with E-state index in [2.05, 4.69) is 0 Å². The van der Waals surface area contributed by atoms with Gasteiger partial charge in [-0.1, -0.05) is 12.5 Å². The first-order valence-corrected chi connectivity index (χ1v) is 8.42. The molecule has 1 aromatic rings. The van der Waals surface area contributed by atoms with Crippen LogP contribution in [0.3, 0.4) is 0 Å². The van der Waals surface area contributed by atoms with Crippen molar-refractivity contribution in [2.45, 2.75) is 32.2 Å². The third kappa shape index (κ3) is 3.41. The lowest BCUT2D eigenvalue weighted by Crippen LogP contribution is -2.45. The van der Waals surface area contributed by atoms with E-state index in [0.29, 0.717) is 18.7 Å². The maximum absolute atomic E-state index is 13.3. The number of benzene rings is 1. The second kappa shape index (κ2) is 6.37. The molecule has 0 amide bonds. The third-order valence-electron chi connectivity index (χ3n) is 3.98. The fourth-order valence-corrected chi connectivity index (χ4v) is 4.06. The molecule has 7 heteroatoms. The third-order valence-corrected chi connectivity index (χ3v) is 6.04. The average molecular weight is 318 g/mol. The smallest absolute Gasteiger partial charge is 0.204 e. The van der Waals surface area contributed by atoms with Crippen molar-refractivity contribution in [1.29, 1.82) is 0 Å². The van der Waals surface area contributed by atoms with E-state index >= 15 is 0 Å². The van der Waals surface area contributed by atoms with Crippen LogP contribution in [0, 0.1) is 11.6 Å². The molecular weight excluding hydrogens is 298 g/mol. The molecule has 2 rings (SSSR count). The molecule has 0 bridgehead atoms. The molecule has 118 valence electrons. The van der Waals surface area contributed by atoms with Gasteiger partial charge in [0.25, 0.3) is 10.2 Å². The first kappa shape index (κ1) is 16.3. The molecule has 1 aromatic carbocycles. The van der Waals surface area contributed by atoms with E-state index in [9.17, 15) is 17.2 Å². The average Bonchev–Trinajstić information content (AvgIpc) is 2.49. The predicted octanol–water partition coefficient (Wildman–Crippen LogP) is 2.69. The van der Waals surface area contributed by atoms with E-state index in [1.165, 1.54) is 21.7 Å². The maximum atomic E-state index is 13.3. The number of piperidine rings is 1. The molecule has 0 radical (unpaired) electrons. The maximum Gasteiger partial charge on any atom is 0.282 e. The number of rotatable bonds is 4. The second-order valence-corrected chi connectivity index (χ2v) is 7.32. The molecule has 1 aliphatic heterocycles. The monoisotopic (exact) mass is 318 g/mol. The van der Waals surface area contributed by atoms with Crippen molar-refractivity contribution < 1.29 is 17.2 Å². The summed E-state index contributed by atoms with van der Waals surface area (Å²) in [5, 5.41) is 0. The predicted molar refractivity (Wildman–Crippen MR) is 76.9 cm³/mol. The summed E-state index contributed by atoms with van der Waals surface area (Å²) in [5.74, 6) is -1.91. The van der Waals surface area contributed by atoms with Crippen LogP contribution in [0.4, 0.5) is 8.78 Å². The Morgan fingerprint density at radius 1 is 1.14 bits per heavy atom. The minimum absolute atomic E-state index is 0.428. The minimum Gasteiger partial charge on any atom is -0.204 e. The van der Waals surface area contributed by atoms with E-state index < -0.39 is 27.9 Å². The van der Waals surface area contributed by atoms with Crippen molar-refractivity contribution in [2.24, 2.45) is 0 Å². The molecule has 4 nitrogen and oxygen atoms in total. The first-order chi connectivity index (χ1) is 9.84. The zero-order valence-electron chi connectivity index (χ0n) is 12.2. The summed E-state index contributed by atoms with van der Waals surface area (Å²) in [5.41, 5.74) is 0.428. The fraction of sp³-hybridized carbons (Fsp3) is 0.571. The molecule has 0 aromatic heterocycles. The SMILES string of the molecule is CC(c1ccc(F)c(F)c1)N(C)S(=O)(=O)N1CCCCC1. The van der Waals surface area contributed by atoms with Gasteiger partial charge < -0.3 is 0 Å². The summed E-state index contributed by atoms with van der Waals surface area (Å²) < 4.78 is 54.0. The van der Waals surface area contributed by atoms with Gasteiger partial charge in [-0.2, -0.15) is 17.0 Å². The van der Waals surface area contributed by atoms with E-state index in [-0.39, 0.29) is 0 Å². The summed E-state index contributed by atoms with van der Waals surface area (Å²) in [6.07, 6.45) is 2.74. The van der Waals surface area contributed by atoms with Crippen LogP contribution in [0.2, 0.25) is 0 Å². The Bertz CT molecular complexity index is 601. The van der Waals surface area contributed by atoms with Crippen LogP contribution in [0.5, 0.6) is 0 Å².